The van der Waals surface area contributed by atoms with Gasteiger partial charge in [0.2, 0.25) is 6.79 Å². The van der Waals surface area contributed by atoms with Gasteiger partial charge in [-0.05, 0) is 46.3 Å². The van der Waals surface area contributed by atoms with Crippen LogP contribution in [0.15, 0.2) is 10.5 Å². The third-order valence-corrected chi connectivity index (χ3v) is 4.27. The van der Waals surface area contributed by atoms with Crippen molar-refractivity contribution in [2.75, 3.05) is 6.79 Å². The van der Waals surface area contributed by atoms with E-state index in [4.69, 9.17) is 14.6 Å². The van der Waals surface area contributed by atoms with Crippen molar-refractivity contribution in [2.45, 2.75) is 25.2 Å². The third-order valence-electron chi connectivity index (χ3n) is 3.56. The standard InChI is InChI=1S/C13H12BrFO4/c14-11-12(15)8(3-9-13(11)19-5-18-9)7(4-10(16)17)6-1-2-6/h3,6-7H,1-2,4-5H2,(H,16,17). The van der Waals surface area contributed by atoms with Gasteiger partial charge in [0.25, 0.3) is 0 Å². The Bertz CT molecular complexity index is 542. The van der Waals surface area contributed by atoms with Crippen molar-refractivity contribution < 1.29 is 23.8 Å². The van der Waals surface area contributed by atoms with Crippen molar-refractivity contribution in [3.63, 3.8) is 0 Å². The van der Waals surface area contributed by atoms with Crippen LogP contribution in [0.2, 0.25) is 0 Å². The Labute approximate surface area is 117 Å². The molecular weight excluding hydrogens is 319 g/mol. The van der Waals surface area contributed by atoms with Crippen LogP contribution in [0.3, 0.4) is 0 Å². The van der Waals surface area contributed by atoms with Gasteiger partial charge in [-0.2, -0.15) is 0 Å². The lowest BCUT2D eigenvalue weighted by Crippen LogP contribution is -2.10. The third kappa shape index (κ3) is 2.29. The van der Waals surface area contributed by atoms with Crippen LogP contribution in [0.4, 0.5) is 4.39 Å². The molecule has 0 bridgehead atoms. The highest BCUT2D eigenvalue weighted by Crippen LogP contribution is 2.50. The molecule has 0 aromatic heterocycles. The zero-order valence-corrected chi connectivity index (χ0v) is 11.6. The Morgan fingerprint density at radius 2 is 2.26 bits per heavy atom. The molecule has 1 atom stereocenters. The van der Waals surface area contributed by atoms with Crippen LogP contribution < -0.4 is 9.47 Å². The first-order valence-corrected chi connectivity index (χ1v) is 6.86. The fraction of sp³-hybridized carbons (Fsp3) is 0.462. The number of halogens is 2. The van der Waals surface area contributed by atoms with E-state index in [0.29, 0.717) is 17.1 Å². The summed E-state index contributed by atoms with van der Waals surface area (Å²) >= 11 is 3.16. The van der Waals surface area contributed by atoms with E-state index in [1.165, 1.54) is 0 Å². The van der Waals surface area contributed by atoms with E-state index in [1.54, 1.807) is 6.07 Å². The lowest BCUT2D eigenvalue weighted by atomic mass is 9.90. The second kappa shape index (κ2) is 4.67. The van der Waals surface area contributed by atoms with E-state index in [1.807, 2.05) is 0 Å². The zero-order valence-electron chi connectivity index (χ0n) is 9.99. The van der Waals surface area contributed by atoms with E-state index in [2.05, 4.69) is 15.9 Å². The summed E-state index contributed by atoms with van der Waals surface area (Å²) in [5.74, 6) is -0.584. The summed E-state index contributed by atoms with van der Waals surface area (Å²) in [6.07, 6.45) is 1.83. The van der Waals surface area contributed by atoms with Gasteiger partial charge in [-0.15, -0.1) is 0 Å². The van der Waals surface area contributed by atoms with Crippen LogP contribution >= 0.6 is 15.9 Å². The molecule has 1 aliphatic carbocycles. The van der Waals surface area contributed by atoms with Crippen LogP contribution in [-0.2, 0) is 4.79 Å². The summed E-state index contributed by atoms with van der Waals surface area (Å²) in [5, 5.41) is 8.99. The van der Waals surface area contributed by atoms with Crippen molar-refractivity contribution in [3.8, 4) is 11.5 Å². The smallest absolute Gasteiger partial charge is 0.303 e. The molecule has 2 aliphatic rings. The van der Waals surface area contributed by atoms with E-state index >= 15 is 0 Å². The Hall–Kier alpha value is -1.30. The van der Waals surface area contributed by atoms with Crippen molar-refractivity contribution in [2.24, 2.45) is 5.92 Å². The summed E-state index contributed by atoms with van der Waals surface area (Å²) in [5.41, 5.74) is 0.404. The number of carboxylic acid groups (broad SMARTS) is 1. The van der Waals surface area contributed by atoms with Gasteiger partial charge in [0.05, 0.1) is 10.9 Å². The predicted octanol–water partition coefficient (Wildman–Crippen LogP) is 3.29. The maximum absolute atomic E-state index is 14.4. The monoisotopic (exact) mass is 330 g/mol. The average molecular weight is 331 g/mol. The van der Waals surface area contributed by atoms with Gasteiger partial charge in [0.15, 0.2) is 11.5 Å². The van der Waals surface area contributed by atoms with Gasteiger partial charge < -0.3 is 14.6 Å². The number of aliphatic carboxylic acids is 1. The van der Waals surface area contributed by atoms with Gasteiger partial charge in [0.1, 0.15) is 5.82 Å². The number of hydrogen-bond acceptors (Lipinski definition) is 3. The molecule has 1 aromatic carbocycles. The molecule has 1 heterocycles. The summed E-state index contributed by atoms with van der Waals surface area (Å²) in [7, 11) is 0. The molecular formula is C13H12BrFO4. The van der Waals surface area contributed by atoms with Gasteiger partial charge >= 0.3 is 5.97 Å². The average Bonchev–Trinajstić information content (AvgIpc) is 3.09. The molecule has 102 valence electrons. The number of benzene rings is 1. The van der Waals surface area contributed by atoms with Gasteiger partial charge in [-0.1, -0.05) is 0 Å². The Balaban J connectivity index is 2.03. The number of hydrogen-bond donors (Lipinski definition) is 1. The van der Waals surface area contributed by atoms with Gasteiger partial charge in [-0.25, -0.2) is 4.39 Å². The SMILES string of the molecule is O=C(O)CC(c1cc2c(c(Br)c1F)OCO2)C1CC1. The van der Waals surface area contributed by atoms with Crippen LogP contribution in [0.5, 0.6) is 11.5 Å². The van der Waals surface area contributed by atoms with Crippen molar-refractivity contribution >= 4 is 21.9 Å². The maximum Gasteiger partial charge on any atom is 0.303 e. The summed E-state index contributed by atoms with van der Waals surface area (Å²) in [6, 6.07) is 1.58. The van der Waals surface area contributed by atoms with Crippen molar-refractivity contribution in [1.82, 2.24) is 0 Å². The lowest BCUT2D eigenvalue weighted by molar-refractivity contribution is -0.137. The highest BCUT2D eigenvalue weighted by molar-refractivity contribution is 9.10. The van der Waals surface area contributed by atoms with Crippen LogP contribution in [-0.4, -0.2) is 17.9 Å². The Morgan fingerprint density at radius 1 is 1.53 bits per heavy atom. The molecule has 0 saturated heterocycles. The van der Waals surface area contributed by atoms with Crippen LogP contribution in [0.1, 0.15) is 30.7 Å². The summed E-state index contributed by atoms with van der Waals surface area (Å²) in [6.45, 7) is 0.0594. The second-order valence-corrected chi connectivity index (χ2v) is 5.66. The van der Waals surface area contributed by atoms with Gasteiger partial charge in [-0.3, -0.25) is 4.79 Å². The van der Waals surface area contributed by atoms with Crippen LogP contribution in [0.25, 0.3) is 0 Å². The quantitative estimate of drug-likeness (QED) is 0.920. The highest BCUT2D eigenvalue weighted by Gasteiger charge is 2.37. The molecule has 1 aliphatic heterocycles. The zero-order chi connectivity index (χ0) is 13.6. The summed E-state index contributed by atoms with van der Waals surface area (Å²) in [4.78, 5) is 11.0. The first kappa shape index (κ1) is 12.7. The fourth-order valence-electron chi connectivity index (χ4n) is 2.49. The first-order chi connectivity index (χ1) is 9.08. The lowest BCUT2D eigenvalue weighted by Gasteiger charge is -2.17. The summed E-state index contributed by atoms with van der Waals surface area (Å²) < 4.78 is 25.0. The molecule has 19 heavy (non-hydrogen) atoms. The number of carboxylic acids is 1. The van der Waals surface area contributed by atoms with E-state index in [-0.39, 0.29) is 29.5 Å². The highest BCUT2D eigenvalue weighted by atomic mass is 79.9. The number of rotatable bonds is 4. The Kier molecular flexibility index (Phi) is 3.12. The minimum atomic E-state index is -0.912. The molecule has 3 rings (SSSR count). The predicted molar refractivity (Wildman–Crippen MR) is 67.9 cm³/mol. The fourth-order valence-corrected chi connectivity index (χ4v) is 3.02. The minimum absolute atomic E-state index is 0.0594. The molecule has 1 saturated carbocycles. The molecule has 1 N–H and O–H groups in total. The van der Waals surface area contributed by atoms with Gasteiger partial charge in [0, 0.05) is 5.92 Å². The number of carbonyl (C=O) groups is 1. The molecule has 1 unspecified atom stereocenters. The van der Waals surface area contributed by atoms with Crippen molar-refractivity contribution in [3.05, 3.63) is 21.9 Å². The van der Waals surface area contributed by atoms with E-state index < -0.39 is 11.8 Å². The molecule has 0 spiro atoms. The molecule has 1 fully saturated rings. The maximum atomic E-state index is 14.4. The normalized spacial score (nSPS) is 18.4. The first-order valence-electron chi connectivity index (χ1n) is 6.07. The number of fused-ring (bicyclic) bond motifs is 1. The minimum Gasteiger partial charge on any atom is -0.481 e. The van der Waals surface area contributed by atoms with Crippen LogP contribution in [0, 0.1) is 11.7 Å². The largest absolute Gasteiger partial charge is 0.481 e. The van der Waals surface area contributed by atoms with Crippen molar-refractivity contribution in [1.29, 1.82) is 0 Å². The molecule has 4 nitrogen and oxygen atoms in total. The number of ether oxygens (including phenoxy) is 2. The Morgan fingerprint density at radius 3 is 2.89 bits per heavy atom. The topological polar surface area (TPSA) is 55.8 Å². The van der Waals surface area contributed by atoms with E-state index in [9.17, 15) is 9.18 Å². The molecule has 0 amide bonds. The second-order valence-electron chi connectivity index (χ2n) is 4.87. The molecule has 6 heteroatoms. The molecule has 1 aromatic rings. The molecule has 0 radical (unpaired) electrons. The van der Waals surface area contributed by atoms with E-state index in [0.717, 1.165) is 12.8 Å².